The van der Waals surface area contributed by atoms with E-state index in [4.69, 9.17) is 5.14 Å². The number of hydrogen-bond donors (Lipinski definition) is 3. The van der Waals surface area contributed by atoms with Crippen molar-refractivity contribution in [1.82, 2.24) is 9.97 Å². The predicted octanol–water partition coefficient (Wildman–Crippen LogP) is 4.26. The Bertz CT molecular complexity index is 1020. The normalized spacial score (nSPS) is 29.7. The van der Waals surface area contributed by atoms with Gasteiger partial charge >= 0.3 is 0 Å². The summed E-state index contributed by atoms with van der Waals surface area (Å²) in [6.45, 7) is 0.953. The lowest BCUT2D eigenvalue weighted by Crippen LogP contribution is -2.49. The third kappa shape index (κ3) is 4.07. The zero-order valence-electron chi connectivity index (χ0n) is 16.6. The van der Waals surface area contributed by atoms with Crippen molar-refractivity contribution < 1.29 is 8.42 Å². The fourth-order valence-electron chi connectivity index (χ4n) is 6.19. The van der Waals surface area contributed by atoms with E-state index in [-0.39, 0.29) is 4.90 Å². The van der Waals surface area contributed by atoms with Gasteiger partial charge in [-0.25, -0.2) is 18.5 Å². The van der Waals surface area contributed by atoms with E-state index in [1.807, 2.05) is 0 Å². The molecule has 4 aliphatic rings. The first kappa shape index (κ1) is 20.2. The molecule has 30 heavy (non-hydrogen) atoms. The average molecular weight is 492 g/mol. The van der Waals surface area contributed by atoms with Crippen LogP contribution in [0, 0.1) is 23.2 Å². The summed E-state index contributed by atoms with van der Waals surface area (Å²) >= 11 is 3.56. The number of halogens is 1. The lowest BCUT2D eigenvalue weighted by atomic mass is 9.49. The maximum atomic E-state index is 11.4. The highest BCUT2D eigenvalue weighted by Crippen LogP contribution is 2.59. The summed E-state index contributed by atoms with van der Waals surface area (Å²) in [7, 11) is -3.71. The zero-order valence-corrected chi connectivity index (χ0v) is 19.0. The summed E-state index contributed by atoms with van der Waals surface area (Å²) < 4.78 is 23.6. The van der Waals surface area contributed by atoms with Crippen molar-refractivity contribution in [2.75, 3.05) is 17.2 Å². The SMILES string of the molecule is NS(=O)(=O)c1ccc(Nc2ncc(Br)c(NCC34CC5CC(CC(C5)C3)C4)n2)cc1. The Labute approximate surface area is 185 Å². The number of hydrogen-bond acceptors (Lipinski definition) is 6. The highest BCUT2D eigenvalue weighted by atomic mass is 79.9. The molecular weight excluding hydrogens is 466 g/mol. The van der Waals surface area contributed by atoms with E-state index in [0.717, 1.165) is 34.6 Å². The van der Waals surface area contributed by atoms with Crippen LogP contribution in [0.1, 0.15) is 38.5 Å². The molecule has 4 bridgehead atoms. The van der Waals surface area contributed by atoms with E-state index in [2.05, 4.69) is 36.5 Å². The highest BCUT2D eigenvalue weighted by Gasteiger charge is 2.50. The lowest BCUT2D eigenvalue weighted by molar-refractivity contribution is -0.0444. The van der Waals surface area contributed by atoms with Crippen molar-refractivity contribution in [3.8, 4) is 0 Å². The summed E-state index contributed by atoms with van der Waals surface area (Å²) in [6.07, 6.45) is 10.1. The van der Waals surface area contributed by atoms with Crippen LogP contribution in [0.2, 0.25) is 0 Å². The second-order valence-corrected chi connectivity index (χ2v) is 11.8. The number of anilines is 3. The number of nitrogens with one attached hydrogen (secondary N) is 2. The Kier molecular flexibility index (Phi) is 5.02. The Hall–Kier alpha value is -1.71. The van der Waals surface area contributed by atoms with Crippen LogP contribution in [0.5, 0.6) is 0 Å². The van der Waals surface area contributed by atoms with Gasteiger partial charge in [-0.2, -0.15) is 4.98 Å². The maximum Gasteiger partial charge on any atom is 0.238 e. The molecular formula is C21H26BrN5O2S. The van der Waals surface area contributed by atoms with Crippen LogP contribution < -0.4 is 15.8 Å². The highest BCUT2D eigenvalue weighted by molar-refractivity contribution is 9.10. The molecule has 1 heterocycles. The van der Waals surface area contributed by atoms with E-state index in [0.29, 0.717) is 17.1 Å². The Balaban J connectivity index is 1.28. The molecule has 4 fully saturated rings. The minimum Gasteiger partial charge on any atom is -0.368 e. The number of nitrogens with two attached hydrogens (primary N) is 1. The molecule has 6 rings (SSSR count). The molecule has 1 aromatic heterocycles. The van der Waals surface area contributed by atoms with Gasteiger partial charge in [-0.05, 0) is 102 Å². The van der Waals surface area contributed by atoms with Gasteiger partial charge in [0.15, 0.2) is 0 Å². The van der Waals surface area contributed by atoms with Gasteiger partial charge in [-0.15, -0.1) is 0 Å². The number of aromatic nitrogens is 2. The molecule has 0 saturated heterocycles. The second-order valence-electron chi connectivity index (χ2n) is 9.36. The first-order valence-corrected chi connectivity index (χ1v) is 12.8. The number of rotatable bonds is 6. The van der Waals surface area contributed by atoms with Gasteiger partial charge in [-0.3, -0.25) is 0 Å². The second kappa shape index (κ2) is 7.46. The van der Waals surface area contributed by atoms with Crippen molar-refractivity contribution in [3.05, 3.63) is 34.9 Å². The van der Waals surface area contributed by atoms with Crippen molar-refractivity contribution in [3.63, 3.8) is 0 Å². The molecule has 2 aromatic rings. The molecule has 0 atom stereocenters. The predicted molar refractivity (Wildman–Crippen MR) is 120 cm³/mol. The van der Waals surface area contributed by atoms with Crippen LogP contribution in [-0.2, 0) is 10.0 Å². The third-order valence-electron chi connectivity index (χ3n) is 6.98. The molecule has 160 valence electrons. The third-order valence-corrected chi connectivity index (χ3v) is 8.49. The number of sulfonamides is 1. The Morgan fingerprint density at radius 1 is 1.07 bits per heavy atom. The minimum atomic E-state index is -3.71. The van der Waals surface area contributed by atoms with Crippen LogP contribution >= 0.6 is 15.9 Å². The molecule has 1 aromatic carbocycles. The summed E-state index contributed by atoms with van der Waals surface area (Å²) in [5.74, 6) is 4.00. The first-order valence-electron chi connectivity index (χ1n) is 10.4. The molecule has 4 aliphatic carbocycles. The van der Waals surface area contributed by atoms with E-state index in [1.54, 1.807) is 18.3 Å². The average Bonchev–Trinajstić information content (AvgIpc) is 2.67. The Morgan fingerprint density at radius 2 is 1.67 bits per heavy atom. The number of primary sulfonamides is 1. The van der Waals surface area contributed by atoms with Crippen molar-refractivity contribution in [2.45, 2.75) is 43.4 Å². The van der Waals surface area contributed by atoms with E-state index >= 15 is 0 Å². The van der Waals surface area contributed by atoms with Crippen LogP contribution in [0.4, 0.5) is 17.5 Å². The smallest absolute Gasteiger partial charge is 0.238 e. The summed E-state index contributed by atoms with van der Waals surface area (Å²) in [5.41, 5.74) is 1.10. The van der Waals surface area contributed by atoms with Gasteiger partial charge in [0.25, 0.3) is 0 Å². The Morgan fingerprint density at radius 3 is 2.23 bits per heavy atom. The van der Waals surface area contributed by atoms with Gasteiger partial charge in [0.1, 0.15) is 5.82 Å². The number of nitrogens with zero attached hydrogens (tertiary/aromatic N) is 2. The van der Waals surface area contributed by atoms with Gasteiger partial charge in [0.2, 0.25) is 16.0 Å². The molecule has 7 nitrogen and oxygen atoms in total. The minimum absolute atomic E-state index is 0.0719. The van der Waals surface area contributed by atoms with E-state index < -0.39 is 10.0 Å². The first-order chi connectivity index (χ1) is 14.3. The van der Waals surface area contributed by atoms with Crippen molar-refractivity contribution in [2.24, 2.45) is 28.3 Å². The maximum absolute atomic E-state index is 11.4. The summed E-state index contributed by atoms with van der Waals surface area (Å²) in [6, 6.07) is 6.22. The molecule has 4 saturated carbocycles. The van der Waals surface area contributed by atoms with Gasteiger partial charge in [-0.1, -0.05) is 0 Å². The van der Waals surface area contributed by atoms with Crippen LogP contribution in [0.15, 0.2) is 39.8 Å². The lowest BCUT2D eigenvalue weighted by Gasteiger charge is -2.57. The van der Waals surface area contributed by atoms with Crippen LogP contribution in [0.25, 0.3) is 0 Å². The molecule has 0 spiro atoms. The van der Waals surface area contributed by atoms with E-state index in [9.17, 15) is 8.42 Å². The van der Waals surface area contributed by atoms with Gasteiger partial charge in [0, 0.05) is 18.4 Å². The quantitative estimate of drug-likeness (QED) is 0.556. The number of benzene rings is 1. The molecule has 0 radical (unpaired) electrons. The summed E-state index contributed by atoms with van der Waals surface area (Å²) in [4.78, 5) is 9.03. The fraction of sp³-hybridized carbons (Fsp3) is 0.524. The molecule has 0 aliphatic heterocycles. The fourth-order valence-corrected chi connectivity index (χ4v) is 7.03. The topological polar surface area (TPSA) is 110 Å². The zero-order chi connectivity index (χ0) is 20.9. The molecule has 4 N–H and O–H groups in total. The van der Waals surface area contributed by atoms with Gasteiger partial charge in [0.05, 0.1) is 9.37 Å². The molecule has 0 unspecified atom stereocenters. The van der Waals surface area contributed by atoms with E-state index in [1.165, 1.54) is 50.7 Å². The van der Waals surface area contributed by atoms with Crippen LogP contribution in [0.3, 0.4) is 0 Å². The molecule has 9 heteroatoms. The largest absolute Gasteiger partial charge is 0.368 e. The van der Waals surface area contributed by atoms with Gasteiger partial charge < -0.3 is 10.6 Å². The van der Waals surface area contributed by atoms with Crippen LogP contribution in [-0.4, -0.2) is 24.9 Å². The van der Waals surface area contributed by atoms with Crippen molar-refractivity contribution in [1.29, 1.82) is 0 Å². The molecule has 0 amide bonds. The summed E-state index contributed by atoms with van der Waals surface area (Å²) in [5, 5.41) is 11.9. The standard InChI is InChI=1S/C21H26BrN5O2S/c22-18-11-24-20(26-16-1-3-17(4-2-16)30(23,28)29)27-19(18)25-12-21-8-13-5-14(9-21)7-15(6-13)10-21/h1-4,11,13-15H,5-10,12H2,(H2,23,28,29)(H2,24,25,26,27). The van der Waals surface area contributed by atoms with Crippen molar-refractivity contribution >= 4 is 43.4 Å². The monoisotopic (exact) mass is 491 g/mol.